The van der Waals surface area contributed by atoms with E-state index in [0.717, 1.165) is 5.69 Å². The third kappa shape index (κ3) is 1.54. The average molecular weight is 173 g/mol. The summed E-state index contributed by atoms with van der Waals surface area (Å²) in [6.07, 6.45) is 0. The molecule has 0 aliphatic rings. The maximum Gasteiger partial charge on any atom is 0.267 e. The number of halogens is 1. The van der Waals surface area contributed by atoms with Gasteiger partial charge in [-0.05, 0) is 13.0 Å². The van der Waals surface area contributed by atoms with Crippen molar-refractivity contribution in [3.63, 3.8) is 0 Å². The normalized spacial score (nSPS) is 9.73. The highest BCUT2D eigenvalue weighted by Crippen LogP contribution is 2.15. The zero-order chi connectivity index (χ0) is 8.43. The molecule has 11 heavy (non-hydrogen) atoms. The molecular formula is C7H9ClN2O. The summed E-state index contributed by atoms with van der Waals surface area (Å²) in [5, 5.41) is 3.08. The molecule has 1 amide bonds. The van der Waals surface area contributed by atoms with Gasteiger partial charge in [-0.15, -0.1) is 0 Å². The topological polar surface area (TPSA) is 44.9 Å². The minimum atomic E-state index is -0.153. The van der Waals surface area contributed by atoms with Crippen LogP contribution in [0.4, 0.5) is 0 Å². The van der Waals surface area contributed by atoms with E-state index >= 15 is 0 Å². The number of nitrogens with one attached hydrogen (secondary N) is 2. The Morgan fingerprint density at radius 2 is 2.36 bits per heavy atom. The number of carbonyl (C=O) groups excluding carboxylic acids is 1. The van der Waals surface area contributed by atoms with Crippen LogP contribution in [0, 0.1) is 6.92 Å². The Balaban J connectivity index is 2.97. The summed E-state index contributed by atoms with van der Waals surface area (Å²) in [5.74, 6) is -0.153. The quantitative estimate of drug-likeness (QED) is 0.660. The molecule has 1 rings (SSSR count). The number of aromatic amines is 1. The molecule has 1 heterocycles. The van der Waals surface area contributed by atoms with Crippen LogP contribution in [-0.4, -0.2) is 17.9 Å². The summed E-state index contributed by atoms with van der Waals surface area (Å²) in [5.41, 5.74) is 1.31. The average Bonchev–Trinajstić information content (AvgIpc) is 2.31. The van der Waals surface area contributed by atoms with Crippen molar-refractivity contribution in [2.24, 2.45) is 0 Å². The third-order valence-corrected chi connectivity index (χ3v) is 1.82. The fraction of sp³-hybridized carbons (Fsp3) is 0.286. The molecule has 0 saturated heterocycles. The number of carbonyl (C=O) groups is 1. The van der Waals surface area contributed by atoms with Gasteiger partial charge in [0.2, 0.25) is 0 Å². The van der Waals surface area contributed by atoms with Gasteiger partial charge in [0.15, 0.2) is 0 Å². The van der Waals surface area contributed by atoms with Gasteiger partial charge in [0.05, 0.1) is 5.02 Å². The highest BCUT2D eigenvalue weighted by Gasteiger charge is 2.07. The lowest BCUT2D eigenvalue weighted by Crippen LogP contribution is -2.17. The van der Waals surface area contributed by atoms with Crippen molar-refractivity contribution in [2.75, 3.05) is 7.05 Å². The lowest BCUT2D eigenvalue weighted by Gasteiger charge is -1.92. The van der Waals surface area contributed by atoms with Crippen molar-refractivity contribution in [1.29, 1.82) is 0 Å². The molecule has 2 N–H and O–H groups in total. The molecule has 1 aromatic rings. The van der Waals surface area contributed by atoms with Crippen molar-refractivity contribution in [3.8, 4) is 0 Å². The predicted molar refractivity (Wildman–Crippen MR) is 43.9 cm³/mol. The Hall–Kier alpha value is -0.960. The van der Waals surface area contributed by atoms with Crippen LogP contribution in [0.15, 0.2) is 6.07 Å². The van der Waals surface area contributed by atoms with Gasteiger partial charge in [0.1, 0.15) is 5.69 Å². The monoisotopic (exact) mass is 172 g/mol. The van der Waals surface area contributed by atoms with Gasteiger partial charge in [0, 0.05) is 12.7 Å². The Labute approximate surface area is 69.8 Å². The van der Waals surface area contributed by atoms with Crippen LogP contribution < -0.4 is 5.32 Å². The first-order valence-electron chi connectivity index (χ1n) is 3.22. The lowest BCUT2D eigenvalue weighted by molar-refractivity contribution is 0.0958. The van der Waals surface area contributed by atoms with E-state index in [1.54, 1.807) is 13.1 Å². The van der Waals surface area contributed by atoms with Crippen LogP contribution in [0.5, 0.6) is 0 Å². The molecule has 1 aromatic heterocycles. The Morgan fingerprint density at radius 3 is 2.73 bits per heavy atom. The molecule has 3 nitrogen and oxygen atoms in total. The third-order valence-electron chi connectivity index (χ3n) is 1.42. The van der Waals surface area contributed by atoms with E-state index in [2.05, 4.69) is 10.3 Å². The van der Waals surface area contributed by atoms with Crippen LogP contribution in [0.25, 0.3) is 0 Å². The Morgan fingerprint density at radius 1 is 1.73 bits per heavy atom. The van der Waals surface area contributed by atoms with Gasteiger partial charge in [-0.1, -0.05) is 11.6 Å². The summed E-state index contributed by atoms with van der Waals surface area (Å²) >= 11 is 5.72. The molecule has 0 spiro atoms. The minimum Gasteiger partial charge on any atom is -0.354 e. The van der Waals surface area contributed by atoms with E-state index in [-0.39, 0.29) is 5.91 Å². The van der Waals surface area contributed by atoms with Crippen LogP contribution in [0.2, 0.25) is 5.02 Å². The lowest BCUT2D eigenvalue weighted by atomic mass is 10.4. The standard InChI is InChI=1S/C7H9ClN2O/c1-4-5(8)3-6(10-4)7(11)9-2/h3,10H,1-2H3,(H,9,11). The number of hydrogen-bond donors (Lipinski definition) is 2. The first kappa shape index (κ1) is 8.14. The van der Waals surface area contributed by atoms with Crippen LogP contribution in [0.1, 0.15) is 16.2 Å². The maximum absolute atomic E-state index is 11.0. The molecule has 0 atom stereocenters. The summed E-state index contributed by atoms with van der Waals surface area (Å²) in [4.78, 5) is 13.8. The van der Waals surface area contributed by atoms with E-state index in [0.29, 0.717) is 10.7 Å². The van der Waals surface area contributed by atoms with Crippen molar-refractivity contribution in [2.45, 2.75) is 6.92 Å². The van der Waals surface area contributed by atoms with E-state index < -0.39 is 0 Å². The summed E-state index contributed by atoms with van der Waals surface area (Å²) in [7, 11) is 1.58. The summed E-state index contributed by atoms with van der Waals surface area (Å²) in [6.45, 7) is 1.81. The number of aryl methyl sites for hydroxylation is 1. The van der Waals surface area contributed by atoms with Crippen LogP contribution >= 0.6 is 11.6 Å². The van der Waals surface area contributed by atoms with Crippen molar-refractivity contribution in [1.82, 2.24) is 10.3 Å². The van der Waals surface area contributed by atoms with Crippen molar-refractivity contribution in [3.05, 3.63) is 22.5 Å². The molecule has 0 fully saturated rings. The zero-order valence-corrected chi connectivity index (χ0v) is 7.12. The second kappa shape index (κ2) is 2.96. The second-order valence-corrected chi connectivity index (χ2v) is 2.64. The molecule has 0 aliphatic heterocycles. The molecule has 0 unspecified atom stereocenters. The summed E-state index contributed by atoms with van der Waals surface area (Å²) in [6, 6.07) is 1.61. The van der Waals surface area contributed by atoms with Gasteiger partial charge in [-0.25, -0.2) is 0 Å². The first-order valence-corrected chi connectivity index (χ1v) is 3.60. The SMILES string of the molecule is CNC(=O)c1cc(Cl)c(C)[nH]1. The van der Waals surface area contributed by atoms with E-state index in [1.165, 1.54) is 0 Å². The van der Waals surface area contributed by atoms with Gasteiger partial charge in [0.25, 0.3) is 5.91 Å². The number of amides is 1. The minimum absolute atomic E-state index is 0.153. The first-order chi connectivity index (χ1) is 5.15. The molecule has 0 aromatic carbocycles. The highest BCUT2D eigenvalue weighted by molar-refractivity contribution is 6.31. The number of hydrogen-bond acceptors (Lipinski definition) is 1. The largest absolute Gasteiger partial charge is 0.354 e. The Bertz CT molecular complexity index is 260. The van der Waals surface area contributed by atoms with Gasteiger partial charge < -0.3 is 10.3 Å². The van der Waals surface area contributed by atoms with E-state index in [4.69, 9.17) is 11.6 Å². The van der Waals surface area contributed by atoms with Crippen molar-refractivity contribution < 1.29 is 4.79 Å². The fourth-order valence-corrected chi connectivity index (χ4v) is 0.946. The molecule has 0 aliphatic carbocycles. The summed E-state index contributed by atoms with van der Waals surface area (Å²) < 4.78 is 0. The van der Waals surface area contributed by atoms with Gasteiger partial charge >= 0.3 is 0 Å². The predicted octanol–water partition coefficient (Wildman–Crippen LogP) is 1.34. The molecule has 4 heteroatoms. The van der Waals surface area contributed by atoms with Crippen LogP contribution in [-0.2, 0) is 0 Å². The molecule has 0 radical (unpaired) electrons. The molecule has 60 valence electrons. The van der Waals surface area contributed by atoms with Gasteiger partial charge in [-0.3, -0.25) is 4.79 Å². The fourth-order valence-electron chi connectivity index (χ4n) is 0.790. The zero-order valence-electron chi connectivity index (χ0n) is 6.36. The highest BCUT2D eigenvalue weighted by atomic mass is 35.5. The van der Waals surface area contributed by atoms with E-state index in [9.17, 15) is 4.79 Å². The van der Waals surface area contributed by atoms with E-state index in [1.807, 2.05) is 6.92 Å². The number of H-pyrrole nitrogens is 1. The smallest absolute Gasteiger partial charge is 0.267 e. The number of aromatic nitrogens is 1. The Kier molecular flexibility index (Phi) is 2.19. The van der Waals surface area contributed by atoms with Crippen molar-refractivity contribution >= 4 is 17.5 Å². The number of rotatable bonds is 1. The molecule has 0 saturated carbocycles. The maximum atomic E-state index is 11.0. The molecule has 0 bridgehead atoms. The van der Waals surface area contributed by atoms with Gasteiger partial charge in [-0.2, -0.15) is 0 Å². The van der Waals surface area contributed by atoms with Crippen LogP contribution in [0.3, 0.4) is 0 Å². The second-order valence-electron chi connectivity index (χ2n) is 2.24. The molecular weight excluding hydrogens is 164 g/mol.